The predicted octanol–water partition coefficient (Wildman–Crippen LogP) is 1.10. The molecular weight excluding hydrogens is 728 g/mol. The minimum absolute atomic E-state index is 0.0830. The van der Waals surface area contributed by atoms with E-state index in [-0.39, 0.29) is 30.6 Å². The molecule has 3 aromatic rings. The number of fused-ring (bicyclic) bond motifs is 1. The standard InChI is InChI=1S/C39H56N6O11/c1-4-43(3)24-29-22-26-6-5-13-41-37(26)45(29)17-11-32(47)44-15-9-27(10-16-44)40-14-19-54-21-20-53-18-12-31(46)42-28-8-7-25(2)30(23-28)55-39-35(50)33(48)34(49)36(56-39)38(51)52/h5-8,13,22-23,27,33-36,39-40,48-50H,4,9-12,14-21,24H2,1-3H3,(H,42,46)(H,51,52)/t33-,34-,35+,36-,39+/m0/s1. The third-order valence-corrected chi connectivity index (χ3v) is 10.2. The Morgan fingerprint density at radius 1 is 0.982 bits per heavy atom. The molecule has 0 aliphatic carbocycles. The zero-order chi connectivity index (χ0) is 40.2. The minimum atomic E-state index is -1.83. The van der Waals surface area contributed by atoms with E-state index in [1.807, 2.05) is 11.0 Å². The monoisotopic (exact) mass is 784 g/mol. The molecule has 4 heterocycles. The molecule has 0 spiro atoms. The van der Waals surface area contributed by atoms with E-state index in [0.29, 0.717) is 56.6 Å². The van der Waals surface area contributed by atoms with Crippen LogP contribution in [0.25, 0.3) is 11.0 Å². The summed E-state index contributed by atoms with van der Waals surface area (Å²) in [4.78, 5) is 45.9. The molecule has 2 aromatic heterocycles. The Balaban J connectivity index is 0.913. The highest BCUT2D eigenvalue weighted by Gasteiger charge is 2.48. The number of amides is 2. The maximum absolute atomic E-state index is 13.2. The average Bonchev–Trinajstić information content (AvgIpc) is 3.54. The molecule has 17 heteroatoms. The Hall–Kier alpha value is -4.20. The number of likely N-dealkylation sites (tertiary alicyclic amines) is 1. The van der Waals surface area contributed by atoms with Crippen LogP contribution in [0.4, 0.5) is 5.69 Å². The van der Waals surface area contributed by atoms with E-state index in [1.165, 1.54) is 11.8 Å². The highest BCUT2D eigenvalue weighted by molar-refractivity contribution is 5.91. The first-order valence-corrected chi connectivity index (χ1v) is 19.2. The second-order valence-electron chi connectivity index (χ2n) is 14.2. The van der Waals surface area contributed by atoms with Gasteiger partial charge in [-0.15, -0.1) is 0 Å². The van der Waals surface area contributed by atoms with Gasteiger partial charge in [0.25, 0.3) is 0 Å². The van der Waals surface area contributed by atoms with Crippen LogP contribution in [0, 0.1) is 6.92 Å². The number of carboxylic acids is 1. The van der Waals surface area contributed by atoms with E-state index in [9.17, 15) is 34.8 Å². The summed E-state index contributed by atoms with van der Waals surface area (Å²) < 4.78 is 24.3. The van der Waals surface area contributed by atoms with Crippen molar-refractivity contribution >= 4 is 34.5 Å². The molecule has 17 nitrogen and oxygen atoms in total. The van der Waals surface area contributed by atoms with Crippen molar-refractivity contribution in [2.24, 2.45) is 0 Å². The Kier molecular flexibility index (Phi) is 16.0. The quantitative estimate of drug-likeness (QED) is 0.0886. The van der Waals surface area contributed by atoms with E-state index < -0.39 is 36.7 Å². The molecule has 0 saturated carbocycles. The molecule has 1 aromatic carbocycles. The molecule has 5 rings (SSSR count). The number of anilines is 1. The van der Waals surface area contributed by atoms with Crippen LogP contribution in [0.5, 0.6) is 5.75 Å². The lowest BCUT2D eigenvalue weighted by Gasteiger charge is -2.38. The highest BCUT2D eigenvalue weighted by Crippen LogP contribution is 2.29. The number of aryl methyl sites for hydroxylation is 2. The summed E-state index contributed by atoms with van der Waals surface area (Å²) in [5.41, 5.74) is 3.07. The number of pyridine rings is 1. The van der Waals surface area contributed by atoms with Crippen molar-refractivity contribution < 1.29 is 53.8 Å². The summed E-state index contributed by atoms with van der Waals surface area (Å²) in [5.74, 6) is -1.48. The fourth-order valence-corrected chi connectivity index (χ4v) is 6.73. The number of hydrogen-bond donors (Lipinski definition) is 6. The van der Waals surface area contributed by atoms with E-state index in [4.69, 9.17) is 18.9 Å². The van der Waals surface area contributed by atoms with Crippen LogP contribution < -0.4 is 15.4 Å². The van der Waals surface area contributed by atoms with Gasteiger partial charge in [0, 0.05) is 74.2 Å². The number of carboxylic acid groups (broad SMARTS) is 1. The van der Waals surface area contributed by atoms with Gasteiger partial charge in [0.05, 0.1) is 32.8 Å². The van der Waals surface area contributed by atoms with Gasteiger partial charge in [-0.25, -0.2) is 9.78 Å². The zero-order valence-electron chi connectivity index (χ0n) is 32.3. The van der Waals surface area contributed by atoms with Crippen molar-refractivity contribution in [3.63, 3.8) is 0 Å². The smallest absolute Gasteiger partial charge is 0.335 e. The third kappa shape index (κ3) is 11.7. The van der Waals surface area contributed by atoms with Crippen molar-refractivity contribution in [2.75, 3.05) is 65.0 Å². The van der Waals surface area contributed by atoms with Gasteiger partial charge in [0.2, 0.25) is 18.1 Å². The van der Waals surface area contributed by atoms with Crippen LogP contribution in [0.2, 0.25) is 0 Å². The normalized spacial score (nSPS) is 21.8. The van der Waals surface area contributed by atoms with E-state index in [2.05, 4.69) is 51.2 Å². The first kappa shape index (κ1) is 42.9. The molecule has 5 atom stereocenters. The maximum atomic E-state index is 13.2. The molecule has 2 saturated heterocycles. The summed E-state index contributed by atoms with van der Waals surface area (Å²) >= 11 is 0. The average molecular weight is 785 g/mol. The number of aromatic nitrogens is 2. The maximum Gasteiger partial charge on any atom is 0.335 e. The number of carbonyl (C=O) groups is 3. The Bertz CT molecular complexity index is 1750. The van der Waals surface area contributed by atoms with Gasteiger partial charge in [-0.05, 0) is 63.2 Å². The Labute approximate surface area is 326 Å². The molecule has 6 N–H and O–H groups in total. The number of piperidine rings is 1. The van der Waals surface area contributed by atoms with Crippen molar-refractivity contribution in [1.82, 2.24) is 24.7 Å². The topological polar surface area (TPSA) is 217 Å². The predicted molar refractivity (Wildman–Crippen MR) is 205 cm³/mol. The largest absolute Gasteiger partial charge is 0.479 e. The molecular formula is C39H56N6O11. The molecule has 0 unspecified atom stereocenters. The fraction of sp³-hybridized carbons (Fsp3) is 0.590. The van der Waals surface area contributed by atoms with Crippen LogP contribution in [0.1, 0.15) is 43.9 Å². The summed E-state index contributed by atoms with van der Waals surface area (Å²) in [5, 5.41) is 46.9. The number of benzene rings is 1. The lowest BCUT2D eigenvalue weighted by molar-refractivity contribution is -0.271. The van der Waals surface area contributed by atoms with Gasteiger partial charge >= 0.3 is 5.97 Å². The first-order valence-electron chi connectivity index (χ1n) is 19.2. The molecule has 2 aliphatic heterocycles. The molecule has 56 heavy (non-hydrogen) atoms. The van der Waals surface area contributed by atoms with Crippen molar-refractivity contribution in [1.29, 1.82) is 0 Å². The van der Waals surface area contributed by atoms with Crippen LogP contribution >= 0.6 is 0 Å². The zero-order valence-corrected chi connectivity index (χ0v) is 32.3. The van der Waals surface area contributed by atoms with Crippen LogP contribution in [-0.2, 0) is 41.7 Å². The van der Waals surface area contributed by atoms with Gasteiger partial charge < -0.3 is 64.4 Å². The van der Waals surface area contributed by atoms with Gasteiger partial charge in [-0.3, -0.25) is 9.59 Å². The number of rotatable bonds is 20. The summed E-state index contributed by atoms with van der Waals surface area (Å²) in [6.07, 6.45) is -4.62. The first-order chi connectivity index (χ1) is 26.9. The third-order valence-electron chi connectivity index (χ3n) is 10.2. The van der Waals surface area contributed by atoms with Gasteiger partial charge in [0.15, 0.2) is 6.10 Å². The summed E-state index contributed by atoms with van der Waals surface area (Å²) in [6, 6.07) is 11.3. The number of nitrogens with one attached hydrogen (secondary N) is 2. The molecule has 2 aliphatic rings. The highest BCUT2D eigenvalue weighted by atomic mass is 16.7. The van der Waals surface area contributed by atoms with Gasteiger partial charge in [0.1, 0.15) is 29.7 Å². The van der Waals surface area contributed by atoms with Gasteiger partial charge in [-0.1, -0.05) is 13.0 Å². The molecule has 308 valence electrons. The minimum Gasteiger partial charge on any atom is -0.479 e. The molecule has 0 radical (unpaired) electrons. The number of nitrogens with zero attached hydrogens (tertiary/aromatic N) is 4. The summed E-state index contributed by atoms with van der Waals surface area (Å²) in [7, 11) is 2.09. The SMILES string of the molecule is CCN(C)Cc1cc2cccnc2n1CCC(=O)N1CCC(NCCOCCOCCC(=O)Nc2ccc(C)c(O[C@@H]3O[C@H](C(=O)O)[C@@H](O)[C@H](O)[C@H]3O)c2)CC1. The number of carbonyl (C=O) groups excluding carboxylic acids is 2. The second-order valence-corrected chi connectivity index (χ2v) is 14.2. The molecule has 2 fully saturated rings. The van der Waals surface area contributed by atoms with Crippen molar-refractivity contribution in [3.05, 3.63) is 53.9 Å². The number of aliphatic hydroxyl groups is 3. The van der Waals surface area contributed by atoms with Crippen LogP contribution in [-0.4, -0.2) is 154 Å². The Morgan fingerprint density at radius 2 is 1.73 bits per heavy atom. The number of aliphatic carboxylic acids is 1. The molecule has 2 amide bonds. The molecule has 0 bridgehead atoms. The second kappa shape index (κ2) is 20.8. The number of aliphatic hydroxyl groups excluding tert-OH is 3. The van der Waals surface area contributed by atoms with E-state index >= 15 is 0 Å². The van der Waals surface area contributed by atoms with Crippen LogP contribution in [0.3, 0.4) is 0 Å². The van der Waals surface area contributed by atoms with Gasteiger partial charge in [-0.2, -0.15) is 0 Å². The number of hydrogen-bond acceptors (Lipinski definition) is 13. The Morgan fingerprint density at radius 3 is 2.46 bits per heavy atom. The van der Waals surface area contributed by atoms with E-state index in [1.54, 1.807) is 25.3 Å². The van der Waals surface area contributed by atoms with Crippen molar-refractivity contribution in [2.45, 2.75) is 89.4 Å². The van der Waals surface area contributed by atoms with Crippen LogP contribution in [0.15, 0.2) is 42.6 Å². The fourth-order valence-electron chi connectivity index (χ4n) is 6.73. The lowest BCUT2D eigenvalue weighted by Crippen LogP contribution is -2.61. The van der Waals surface area contributed by atoms with E-state index in [0.717, 1.165) is 50.1 Å². The lowest BCUT2D eigenvalue weighted by atomic mass is 9.99. The summed E-state index contributed by atoms with van der Waals surface area (Å²) in [6.45, 7) is 9.68. The number of ether oxygens (including phenoxy) is 4. The van der Waals surface area contributed by atoms with Crippen molar-refractivity contribution in [3.8, 4) is 5.75 Å².